The summed E-state index contributed by atoms with van der Waals surface area (Å²) in [4.78, 5) is 7.17. The Labute approximate surface area is 179 Å². The maximum atomic E-state index is 12.8. The third kappa shape index (κ3) is 4.52. The van der Waals surface area contributed by atoms with Gasteiger partial charge in [0.1, 0.15) is 0 Å². The quantitative estimate of drug-likeness (QED) is 0.603. The molecule has 2 aliphatic rings. The van der Waals surface area contributed by atoms with Crippen LogP contribution in [0, 0.1) is 5.92 Å². The molecular weight excluding hydrogens is 396 g/mol. The van der Waals surface area contributed by atoms with Crippen molar-refractivity contribution in [3.05, 3.63) is 65.7 Å². The fraction of sp³-hybridized carbons (Fsp3) is 0.435. The lowest BCUT2D eigenvalue weighted by atomic mass is 9.98. The van der Waals surface area contributed by atoms with Gasteiger partial charge >= 0.3 is 0 Å². The smallest absolute Gasteiger partial charge is 0.243 e. The molecule has 0 aromatic heterocycles. The van der Waals surface area contributed by atoms with Crippen LogP contribution >= 0.6 is 0 Å². The number of nitrogens with zero attached hydrogens (tertiary/aromatic N) is 3. The maximum absolute atomic E-state index is 12.8. The molecule has 160 valence electrons. The number of nitrogens with one attached hydrogen (secondary N) is 1. The Morgan fingerprint density at radius 2 is 1.67 bits per heavy atom. The van der Waals surface area contributed by atoms with Gasteiger partial charge in [0.05, 0.1) is 4.90 Å². The highest BCUT2D eigenvalue weighted by molar-refractivity contribution is 7.89. The fourth-order valence-corrected chi connectivity index (χ4v) is 5.83. The van der Waals surface area contributed by atoms with Crippen LogP contribution in [-0.4, -0.2) is 56.8 Å². The summed E-state index contributed by atoms with van der Waals surface area (Å²) in [6.45, 7) is 3.80. The van der Waals surface area contributed by atoms with E-state index in [0.717, 1.165) is 44.9 Å². The molecule has 0 unspecified atom stereocenters. The number of hydrogen-bond acceptors (Lipinski definition) is 3. The van der Waals surface area contributed by atoms with E-state index >= 15 is 0 Å². The molecule has 1 saturated heterocycles. The Morgan fingerprint density at radius 3 is 2.37 bits per heavy atom. The first-order valence-corrected chi connectivity index (χ1v) is 12.1. The molecule has 1 fully saturated rings. The van der Waals surface area contributed by atoms with E-state index < -0.39 is 10.0 Å². The first kappa shape index (κ1) is 20.9. The largest absolute Gasteiger partial charge is 0.356 e. The minimum absolute atomic E-state index is 0.382. The molecule has 7 heteroatoms. The predicted octanol–water partition coefficient (Wildman–Crippen LogP) is 2.72. The third-order valence-corrected chi connectivity index (χ3v) is 8.06. The number of piperidine rings is 1. The van der Waals surface area contributed by atoms with Crippen molar-refractivity contribution >= 4 is 16.0 Å². The topological polar surface area (TPSA) is 65.0 Å². The van der Waals surface area contributed by atoms with Crippen LogP contribution in [0.5, 0.6) is 0 Å². The monoisotopic (exact) mass is 426 g/mol. The lowest BCUT2D eigenvalue weighted by Crippen LogP contribution is -2.47. The zero-order chi connectivity index (χ0) is 21.0. The molecule has 2 aromatic rings. The molecule has 0 radical (unpaired) electrons. The summed E-state index contributed by atoms with van der Waals surface area (Å²) in [5, 5.41) is 3.53. The molecule has 4 rings (SSSR count). The van der Waals surface area contributed by atoms with Crippen LogP contribution in [0.2, 0.25) is 0 Å². The lowest BCUT2D eigenvalue weighted by molar-refractivity contribution is 0.270. The number of guanidine groups is 1. The lowest BCUT2D eigenvalue weighted by Gasteiger charge is -2.34. The van der Waals surface area contributed by atoms with Crippen LogP contribution in [0.15, 0.2) is 64.5 Å². The second-order valence-electron chi connectivity index (χ2n) is 8.03. The highest BCUT2D eigenvalue weighted by Gasteiger charge is 2.29. The van der Waals surface area contributed by atoms with Gasteiger partial charge in [0.2, 0.25) is 10.0 Å². The van der Waals surface area contributed by atoms with E-state index in [1.165, 1.54) is 11.1 Å². The summed E-state index contributed by atoms with van der Waals surface area (Å²) in [6, 6.07) is 17.3. The molecule has 2 aliphatic heterocycles. The second-order valence-corrected chi connectivity index (χ2v) is 9.97. The normalized spacial score (nSPS) is 18.8. The molecule has 0 spiro atoms. The number of hydrogen-bond donors (Lipinski definition) is 1. The van der Waals surface area contributed by atoms with Crippen molar-refractivity contribution in [3.63, 3.8) is 0 Å². The Balaban J connectivity index is 1.29. The van der Waals surface area contributed by atoms with Crippen LogP contribution < -0.4 is 5.32 Å². The van der Waals surface area contributed by atoms with E-state index in [1.807, 2.05) is 13.1 Å². The average Bonchev–Trinajstić information content (AvgIpc) is 2.80. The molecular formula is C23H30N4O2S. The first-order valence-electron chi connectivity index (χ1n) is 10.7. The van der Waals surface area contributed by atoms with Gasteiger partial charge in [-0.1, -0.05) is 42.5 Å². The molecule has 0 saturated carbocycles. The van der Waals surface area contributed by atoms with Crippen molar-refractivity contribution in [1.29, 1.82) is 0 Å². The number of benzene rings is 2. The molecule has 30 heavy (non-hydrogen) atoms. The Bertz CT molecular complexity index is 983. The van der Waals surface area contributed by atoms with Crippen molar-refractivity contribution < 1.29 is 8.42 Å². The van der Waals surface area contributed by atoms with Crippen LogP contribution in [0.4, 0.5) is 0 Å². The van der Waals surface area contributed by atoms with E-state index in [0.29, 0.717) is 23.9 Å². The summed E-state index contributed by atoms with van der Waals surface area (Å²) in [6.07, 6.45) is 2.75. The van der Waals surface area contributed by atoms with E-state index in [4.69, 9.17) is 0 Å². The van der Waals surface area contributed by atoms with Gasteiger partial charge in [-0.05, 0) is 48.4 Å². The Kier molecular flexibility index (Phi) is 6.39. The summed E-state index contributed by atoms with van der Waals surface area (Å²) in [5.74, 6) is 1.38. The van der Waals surface area contributed by atoms with Gasteiger partial charge in [-0.2, -0.15) is 4.31 Å². The van der Waals surface area contributed by atoms with Gasteiger partial charge in [-0.3, -0.25) is 4.99 Å². The molecule has 1 N–H and O–H groups in total. The van der Waals surface area contributed by atoms with Crippen molar-refractivity contribution in [2.45, 2.75) is 30.7 Å². The van der Waals surface area contributed by atoms with Gasteiger partial charge < -0.3 is 10.2 Å². The predicted molar refractivity (Wildman–Crippen MR) is 120 cm³/mol. The average molecular weight is 427 g/mol. The fourth-order valence-electron chi connectivity index (χ4n) is 4.34. The van der Waals surface area contributed by atoms with E-state index in [-0.39, 0.29) is 0 Å². The van der Waals surface area contributed by atoms with E-state index in [9.17, 15) is 8.42 Å². The Morgan fingerprint density at radius 1 is 1.00 bits per heavy atom. The zero-order valence-corrected chi connectivity index (χ0v) is 18.3. The summed E-state index contributed by atoms with van der Waals surface area (Å²) in [5.41, 5.74) is 2.79. The molecule has 0 atom stereocenters. The molecule has 0 amide bonds. The van der Waals surface area contributed by atoms with Crippen LogP contribution in [0.3, 0.4) is 0 Å². The summed E-state index contributed by atoms with van der Waals surface area (Å²) < 4.78 is 27.2. The summed E-state index contributed by atoms with van der Waals surface area (Å²) in [7, 11) is -1.55. The standard InChI is InChI=1S/C23H30N4O2S/c1-24-23(26-14-13-20-7-5-6-8-21(20)18-26)25-17-19-11-15-27(16-12-19)30(28,29)22-9-3-2-4-10-22/h2-10,19H,11-18H2,1H3,(H,24,25). The van der Waals surface area contributed by atoms with Gasteiger partial charge in [0, 0.05) is 39.8 Å². The van der Waals surface area contributed by atoms with Crippen LogP contribution in [0.1, 0.15) is 24.0 Å². The van der Waals surface area contributed by atoms with E-state index in [1.54, 1.807) is 28.6 Å². The van der Waals surface area contributed by atoms with Gasteiger partial charge in [0.15, 0.2) is 5.96 Å². The number of fused-ring (bicyclic) bond motifs is 1. The van der Waals surface area contributed by atoms with Gasteiger partial charge in [-0.25, -0.2) is 8.42 Å². The third-order valence-electron chi connectivity index (χ3n) is 6.15. The highest BCUT2D eigenvalue weighted by Crippen LogP contribution is 2.24. The van der Waals surface area contributed by atoms with Crippen molar-refractivity contribution in [2.75, 3.05) is 33.2 Å². The first-order chi connectivity index (χ1) is 14.6. The van der Waals surface area contributed by atoms with Crippen molar-refractivity contribution in [1.82, 2.24) is 14.5 Å². The summed E-state index contributed by atoms with van der Waals surface area (Å²) >= 11 is 0. The highest BCUT2D eigenvalue weighted by atomic mass is 32.2. The van der Waals surface area contributed by atoms with E-state index in [2.05, 4.69) is 39.5 Å². The molecule has 6 nitrogen and oxygen atoms in total. The van der Waals surface area contributed by atoms with Gasteiger partial charge in [0.25, 0.3) is 0 Å². The number of aliphatic imine (C=N–C) groups is 1. The van der Waals surface area contributed by atoms with Crippen molar-refractivity contribution in [3.8, 4) is 0 Å². The number of sulfonamides is 1. The van der Waals surface area contributed by atoms with Crippen LogP contribution in [0.25, 0.3) is 0 Å². The Hall–Kier alpha value is -2.38. The molecule has 2 heterocycles. The SMILES string of the molecule is CN=C(NCC1CCN(S(=O)(=O)c2ccccc2)CC1)N1CCc2ccccc2C1. The minimum Gasteiger partial charge on any atom is -0.356 e. The maximum Gasteiger partial charge on any atom is 0.243 e. The van der Waals surface area contributed by atoms with Crippen LogP contribution in [-0.2, 0) is 23.0 Å². The molecule has 0 bridgehead atoms. The van der Waals surface area contributed by atoms with Gasteiger partial charge in [-0.15, -0.1) is 0 Å². The number of rotatable bonds is 4. The molecule has 0 aliphatic carbocycles. The zero-order valence-electron chi connectivity index (χ0n) is 17.5. The van der Waals surface area contributed by atoms with Crippen molar-refractivity contribution in [2.24, 2.45) is 10.9 Å². The molecule has 2 aromatic carbocycles. The minimum atomic E-state index is -3.39. The second kappa shape index (κ2) is 9.18.